The van der Waals surface area contributed by atoms with Crippen molar-refractivity contribution in [1.82, 2.24) is 20.2 Å². The normalized spacial score (nSPS) is 10.9. The van der Waals surface area contributed by atoms with Crippen LogP contribution in [0.3, 0.4) is 0 Å². The van der Waals surface area contributed by atoms with Crippen molar-refractivity contribution in [2.75, 3.05) is 20.0 Å². The molecule has 0 bridgehead atoms. The third-order valence-corrected chi connectivity index (χ3v) is 6.38. The number of rotatable bonds is 10. The maximum Gasteiger partial charge on any atom is 0.308 e. The summed E-state index contributed by atoms with van der Waals surface area (Å²) >= 11 is 1.25. The van der Waals surface area contributed by atoms with E-state index in [9.17, 15) is 9.59 Å². The van der Waals surface area contributed by atoms with Crippen LogP contribution in [0.5, 0.6) is 17.2 Å². The molecule has 3 aromatic carbocycles. The first kappa shape index (κ1) is 27.4. The number of ether oxygens (including phenoxy) is 3. The van der Waals surface area contributed by atoms with E-state index in [4.69, 9.17) is 14.2 Å². The minimum atomic E-state index is -0.450. The number of methoxy groups -OCH3 is 2. The number of esters is 1. The number of hydrogen-bond donors (Lipinski definition) is 1. The first-order chi connectivity index (χ1) is 18.9. The van der Waals surface area contributed by atoms with Gasteiger partial charge in [-0.15, -0.1) is 10.2 Å². The van der Waals surface area contributed by atoms with Crippen LogP contribution in [0.25, 0.3) is 17.1 Å². The average molecular weight is 546 g/mol. The Morgan fingerprint density at radius 1 is 0.974 bits per heavy atom. The molecule has 0 saturated carbocycles. The van der Waals surface area contributed by atoms with Gasteiger partial charge in [0.25, 0.3) is 5.91 Å². The molecular formula is C28H27N5O5S. The number of amides is 1. The zero-order valence-electron chi connectivity index (χ0n) is 21.9. The van der Waals surface area contributed by atoms with Gasteiger partial charge in [-0.25, -0.2) is 5.43 Å². The van der Waals surface area contributed by atoms with Gasteiger partial charge in [0.1, 0.15) is 5.75 Å². The van der Waals surface area contributed by atoms with Crippen molar-refractivity contribution in [3.8, 4) is 34.3 Å². The summed E-state index contributed by atoms with van der Waals surface area (Å²) in [6, 6.07) is 20.5. The van der Waals surface area contributed by atoms with Gasteiger partial charge in [-0.3, -0.25) is 14.2 Å². The molecule has 200 valence electrons. The highest BCUT2D eigenvalue weighted by Crippen LogP contribution is 2.30. The van der Waals surface area contributed by atoms with Crippen LogP contribution in [0.2, 0.25) is 0 Å². The number of nitrogens with one attached hydrogen (secondary N) is 1. The standard InChI is InChI=1S/C28H27N5O5S/c1-18-5-10-22(11-6-18)33-27(21-8-12-23(36-3)13-9-21)31-32-28(33)39-17-26(35)30-29-16-20-7-14-24(38-19(2)34)25(15-20)37-4/h5-16H,17H2,1-4H3,(H,30,35)/b29-16-. The highest BCUT2D eigenvalue weighted by molar-refractivity contribution is 7.99. The third kappa shape index (κ3) is 7.02. The van der Waals surface area contributed by atoms with E-state index >= 15 is 0 Å². The van der Waals surface area contributed by atoms with Gasteiger partial charge in [-0.05, 0) is 67.1 Å². The zero-order chi connectivity index (χ0) is 27.8. The summed E-state index contributed by atoms with van der Waals surface area (Å²) < 4.78 is 17.5. The van der Waals surface area contributed by atoms with E-state index in [0.29, 0.717) is 28.0 Å². The fourth-order valence-electron chi connectivity index (χ4n) is 3.56. The van der Waals surface area contributed by atoms with Crippen molar-refractivity contribution in [3.05, 3.63) is 77.9 Å². The monoisotopic (exact) mass is 545 g/mol. The van der Waals surface area contributed by atoms with Gasteiger partial charge >= 0.3 is 5.97 Å². The topological polar surface area (TPSA) is 117 Å². The summed E-state index contributed by atoms with van der Waals surface area (Å²) in [6.45, 7) is 3.33. The number of thioether (sulfide) groups is 1. The molecule has 0 saturated heterocycles. The van der Waals surface area contributed by atoms with Crippen molar-refractivity contribution >= 4 is 29.9 Å². The van der Waals surface area contributed by atoms with Gasteiger partial charge in [-0.2, -0.15) is 5.10 Å². The predicted molar refractivity (Wildman–Crippen MR) is 149 cm³/mol. The summed E-state index contributed by atoms with van der Waals surface area (Å²) in [5, 5.41) is 13.4. The van der Waals surface area contributed by atoms with Gasteiger partial charge in [0.2, 0.25) is 0 Å². The molecule has 0 aliphatic rings. The molecular weight excluding hydrogens is 518 g/mol. The lowest BCUT2D eigenvalue weighted by atomic mass is 10.2. The Kier molecular flexibility index (Phi) is 8.95. The summed E-state index contributed by atoms with van der Waals surface area (Å²) in [5.41, 5.74) is 6.03. The van der Waals surface area contributed by atoms with Crippen molar-refractivity contribution in [2.24, 2.45) is 5.10 Å². The van der Waals surface area contributed by atoms with E-state index in [2.05, 4.69) is 20.7 Å². The molecule has 4 rings (SSSR count). The molecule has 1 aromatic heterocycles. The SMILES string of the molecule is COc1ccc(-c2nnc(SCC(=O)N/N=C\c3ccc(OC(C)=O)c(OC)c3)n2-c2ccc(C)cc2)cc1. The van der Waals surface area contributed by atoms with Crippen LogP contribution in [0, 0.1) is 6.92 Å². The number of hydrazone groups is 1. The van der Waals surface area contributed by atoms with Crippen LogP contribution in [0.1, 0.15) is 18.1 Å². The van der Waals surface area contributed by atoms with Crippen LogP contribution < -0.4 is 19.6 Å². The number of benzene rings is 3. The Morgan fingerprint density at radius 2 is 1.72 bits per heavy atom. The molecule has 39 heavy (non-hydrogen) atoms. The Bertz CT molecular complexity index is 1480. The summed E-state index contributed by atoms with van der Waals surface area (Å²) in [4.78, 5) is 23.8. The maximum absolute atomic E-state index is 12.5. The second-order valence-electron chi connectivity index (χ2n) is 8.29. The van der Waals surface area contributed by atoms with Crippen molar-refractivity contribution in [3.63, 3.8) is 0 Å². The van der Waals surface area contributed by atoms with Gasteiger partial charge in [0, 0.05) is 18.2 Å². The summed E-state index contributed by atoms with van der Waals surface area (Å²) in [6.07, 6.45) is 1.47. The van der Waals surface area contributed by atoms with E-state index in [0.717, 1.165) is 22.6 Å². The fraction of sp³-hybridized carbons (Fsp3) is 0.179. The Morgan fingerprint density at radius 3 is 2.38 bits per heavy atom. The van der Waals surface area contributed by atoms with E-state index in [-0.39, 0.29) is 11.7 Å². The van der Waals surface area contributed by atoms with Crippen molar-refractivity contribution < 1.29 is 23.8 Å². The molecule has 1 N–H and O–H groups in total. The lowest BCUT2D eigenvalue weighted by molar-refractivity contribution is -0.132. The van der Waals surface area contributed by atoms with Crippen LogP contribution in [-0.4, -0.2) is 52.8 Å². The highest BCUT2D eigenvalue weighted by atomic mass is 32.2. The van der Waals surface area contributed by atoms with E-state index < -0.39 is 5.97 Å². The number of nitrogens with zero attached hydrogens (tertiary/aromatic N) is 4. The van der Waals surface area contributed by atoms with Crippen LogP contribution >= 0.6 is 11.8 Å². The highest BCUT2D eigenvalue weighted by Gasteiger charge is 2.17. The van der Waals surface area contributed by atoms with E-state index in [1.165, 1.54) is 32.0 Å². The molecule has 0 atom stereocenters. The molecule has 0 spiro atoms. The van der Waals surface area contributed by atoms with Crippen molar-refractivity contribution in [1.29, 1.82) is 0 Å². The van der Waals surface area contributed by atoms with E-state index in [1.807, 2.05) is 60.0 Å². The molecule has 10 nitrogen and oxygen atoms in total. The Balaban J connectivity index is 1.46. The molecule has 1 amide bonds. The molecule has 0 aliphatic carbocycles. The number of aryl methyl sites for hydroxylation is 1. The molecule has 0 aliphatic heterocycles. The number of carbonyl (C=O) groups excluding carboxylic acids is 2. The average Bonchev–Trinajstić information content (AvgIpc) is 3.36. The second-order valence-corrected chi connectivity index (χ2v) is 9.23. The molecule has 1 heterocycles. The Hall–Kier alpha value is -4.64. The largest absolute Gasteiger partial charge is 0.497 e. The lowest BCUT2D eigenvalue weighted by Gasteiger charge is -2.11. The van der Waals surface area contributed by atoms with Crippen molar-refractivity contribution in [2.45, 2.75) is 19.0 Å². The van der Waals surface area contributed by atoms with Crippen LogP contribution in [-0.2, 0) is 9.59 Å². The first-order valence-electron chi connectivity index (χ1n) is 11.9. The number of aromatic nitrogens is 3. The molecule has 0 unspecified atom stereocenters. The van der Waals surface area contributed by atoms with Crippen LogP contribution in [0.15, 0.2) is 77.0 Å². The third-order valence-electron chi connectivity index (χ3n) is 5.45. The molecule has 0 radical (unpaired) electrons. The Labute approximate surface area is 230 Å². The lowest BCUT2D eigenvalue weighted by Crippen LogP contribution is -2.20. The van der Waals surface area contributed by atoms with Gasteiger partial charge in [-0.1, -0.05) is 29.5 Å². The molecule has 4 aromatic rings. The smallest absolute Gasteiger partial charge is 0.308 e. The quantitative estimate of drug-likeness (QED) is 0.102. The van der Waals surface area contributed by atoms with E-state index in [1.54, 1.807) is 25.3 Å². The maximum atomic E-state index is 12.5. The number of carbonyl (C=O) groups is 2. The minimum Gasteiger partial charge on any atom is -0.497 e. The minimum absolute atomic E-state index is 0.0681. The van der Waals surface area contributed by atoms with Gasteiger partial charge in [0.05, 0.1) is 26.2 Å². The fourth-order valence-corrected chi connectivity index (χ4v) is 4.31. The zero-order valence-corrected chi connectivity index (χ0v) is 22.7. The number of hydrogen-bond acceptors (Lipinski definition) is 9. The molecule has 0 fully saturated rings. The van der Waals surface area contributed by atoms with Gasteiger partial charge < -0.3 is 14.2 Å². The summed E-state index contributed by atoms with van der Waals surface area (Å²) in [7, 11) is 3.09. The predicted octanol–water partition coefficient (Wildman–Crippen LogP) is 4.43. The van der Waals surface area contributed by atoms with Gasteiger partial charge in [0.15, 0.2) is 22.5 Å². The second kappa shape index (κ2) is 12.7. The first-order valence-corrected chi connectivity index (χ1v) is 12.8. The summed E-state index contributed by atoms with van der Waals surface area (Å²) in [5.74, 6) is 1.37. The molecule has 11 heteroatoms. The van der Waals surface area contributed by atoms with Crippen LogP contribution in [0.4, 0.5) is 0 Å².